The Bertz CT molecular complexity index is 345. The fraction of sp³-hybridized carbons (Fsp3) is 0.455. The summed E-state index contributed by atoms with van der Waals surface area (Å²) in [5.41, 5.74) is 0.883. The van der Waals surface area contributed by atoms with E-state index in [1.807, 2.05) is 6.92 Å². The molecular formula is C11H15BrFNO2. The Balaban J connectivity index is 2.76. The van der Waals surface area contributed by atoms with Crippen LogP contribution in [0.15, 0.2) is 22.7 Å². The van der Waals surface area contributed by atoms with Crippen molar-refractivity contribution < 1.29 is 14.6 Å². The molecule has 0 saturated heterocycles. The first-order valence-corrected chi connectivity index (χ1v) is 5.80. The molecule has 1 rings (SSSR count). The smallest absolute Gasteiger partial charge is 0.124 e. The number of hydrogen-bond donors (Lipinski definition) is 3. The van der Waals surface area contributed by atoms with E-state index in [-0.39, 0.29) is 31.1 Å². The van der Waals surface area contributed by atoms with E-state index in [0.29, 0.717) is 4.47 Å². The largest absolute Gasteiger partial charge is 0.395 e. The molecule has 0 aliphatic heterocycles. The van der Waals surface area contributed by atoms with Crippen molar-refractivity contribution in [2.75, 3.05) is 13.2 Å². The van der Waals surface area contributed by atoms with Crippen LogP contribution in [0.5, 0.6) is 0 Å². The Morgan fingerprint density at radius 2 is 2.00 bits per heavy atom. The van der Waals surface area contributed by atoms with Gasteiger partial charge in [0.2, 0.25) is 0 Å². The van der Waals surface area contributed by atoms with Crippen LogP contribution in [0.1, 0.15) is 18.5 Å². The first kappa shape index (κ1) is 13.6. The van der Waals surface area contributed by atoms with Gasteiger partial charge < -0.3 is 15.5 Å². The van der Waals surface area contributed by atoms with Gasteiger partial charge in [0, 0.05) is 10.5 Å². The van der Waals surface area contributed by atoms with Crippen molar-refractivity contribution in [1.82, 2.24) is 5.32 Å². The molecule has 0 heterocycles. The third-order valence-electron chi connectivity index (χ3n) is 2.36. The molecule has 16 heavy (non-hydrogen) atoms. The number of hydrogen-bond acceptors (Lipinski definition) is 3. The van der Waals surface area contributed by atoms with Crippen molar-refractivity contribution >= 4 is 15.9 Å². The van der Waals surface area contributed by atoms with Crippen LogP contribution in [0.2, 0.25) is 0 Å². The molecule has 0 aliphatic carbocycles. The van der Waals surface area contributed by atoms with Gasteiger partial charge in [-0.25, -0.2) is 4.39 Å². The highest BCUT2D eigenvalue weighted by molar-refractivity contribution is 9.10. The van der Waals surface area contributed by atoms with Crippen molar-refractivity contribution in [3.63, 3.8) is 0 Å². The maximum atomic E-state index is 12.9. The third kappa shape index (κ3) is 3.52. The highest BCUT2D eigenvalue weighted by Gasteiger charge is 2.14. The zero-order chi connectivity index (χ0) is 12.1. The van der Waals surface area contributed by atoms with Gasteiger partial charge in [0.15, 0.2) is 0 Å². The summed E-state index contributed by atoms with van der Waals surface area (Å²) in [5, 5.41) is 20.9. The molecule has 0 saturated carbocycles. The van der Waals surface area contributed by atoms with Crippen LogP contribution in [0, 0.1) is 5.82 Å². The van der Waals surface area contributed by atoms with Gasteiger partial charge >= 0.3 is 0 Å². The number of aliphatic hydroxyl groups is 2. The second kappa shape index (κ2) is 6.30. The zero-order valence-corrected chi connectivity index (χ0v) is 10.5. The molecule has 0 aliphatic rings. The highest BCUT2D eigenvalue weighted by atomic mass is 79.9. The summed E-state index contributed by atoms with van der Waals surface area (Å²) < 4.78 is 13.5. The molecule has 3 nitrogen and oxygen atoms in total. The summed E-state index contributed by atoms with van der Waals surface area (Å²) in [5.74, 6) is -0.302. The summed E-state index contributed by atoms with van der Waals surface area (Å²) in [4.78, 5) is 0. The van der Waals surface area contributed by atoms with Gasteiger partial charge in [0.1, 0.15) is 5.82 Å². The lowest BCUT2D eigenvalue weighted by molar-refractivity contribution is 0.163. The lowest BCUT2D eigenvalue weighted by Gasteiger charge is -2.21. The van der Waals surface area contributed by atoms with E-state index in [9.17, 15) is 4.39 Å². The van der Waals surface area contributed by atoms with Gasteiger partial charge in [-0.3, -0.25) is 0 Å². The lowest BCUT2D eigenvalue weighted by atomic mass is 10.1. The van der Waals surface area contributed by atoms with Gasteiger partial charge in [-0.15, -0.1) is 0 Å². The van der Waals surface area contributed by atoms with Gasteiger partial charge in [0.05, 0.1) is 19.3 Å². The number of nitrogens with one attached hydrogen (secondary N) is 1. The van der Waals surface area contributed by atoms with E-state index in [1.165, 1.54) is 12.1 Å². The Morgan fingerprint density at radius 1 is 1.38 bits per heavy atom. The molecule has 0 radical (unpaired) electrons. The minimum absolute atomic E-state index is 0.0840. The Kier molecular flexibility index (Phi) is 5.34. The van der Waals surface area contributed by atoms with Gasteiger partial charge in [0.25, 0.3) is 0 Å². The summed E-state index contributed by atoms with van der Waals surface area (Å²) in [7, 11) is 0. The molecule has 0 fully saturated rings. The molecule has 1 unspecified atom stereocenters. The van der Waals surface area contributed by atoms with Crippen molar-refractivity contribution in [2.45, 2.75) is 19.0 Å². The fourth-order valence-electron chi connectivity index (χ4n) is 1.46. The second-order valence-electron chi connectivity index (χ2n) is 3.62. The molecule has 3 N–H and O–H groups in total. The van der Waals surface area contributed by atoms with E-state index in [0.717, 1.165) is 5.56 Å². The monoisotopic (exact) mass is 291 g/mol. The average molecular weight is 292 g/mol. The predicted octanol–water partition coefficient (Wildman–Crippen LogP) is 1.59. The number of aliphatic hydroxyl groups excluding tert-OH is 2. The summed E-state index contributed by atoms with van der Waals surface area (Å²) in [6.45, 7) is 1.61. The fourth-order valence-corrected chi connectivity index (χ4v) is 2.15. The number of rotatable bonds is 5. The maximum absolute atomic E-state index is 12.9. The van der Waals surface area contributed by atoms with Crippen molar-refractivity contribution in [3.8, 4) is 0 Å². The van der Waals surface area contributed by atoms with Gasteiger partial charge in [-0.05, 0) is 24.6 Å². The molecule has 1 aromatic carbocycles. The molecule has 0 spiro atoms. The Hall–Kier alpha value is -0.490. The van der Waals surface area contributed by atoms with Crippen molar-refractivity contribution in [1.29, 1.82) is 0 Å². The van der Waals surface area contributed by atoms with Gasteiger partial charge in [-0.2, -0.15) is 0 Å². The first-order chi connectivity index (χ1) is 7.58. The summed E-state index contributed by atoms with van der Waals surface area (Å²) in [6, 6.07) is 3.99. The maximum Gasteiger partial charge on any atom is 0.124 e. The molecular weight excluding hydrogens is 277 g/mol. The van der Waals surface area contributed by atoms with E-state index >= 15 is 0 Å². The topological polar surface area (TPSA) is 52.5 Å². The van der Waals surface area contributed by atoms with E-state index < -0.39 is 0 Å². The minimum Gasteiger partial charge on any atom is -0.395 e. The average Bonchev–Trinajstić information content (AvgIpc) is 2.25. The molecule has 0 aromatic heterocycles. The van der Waals surface area contributed by atoms with Crippen LogP contribution in [-0.2, 0) is 0 Å². The molecule has 90 valence electrons. The van der Waals surface area contributed by atoms with Crippen LogP contribution in [-0.4, -0.2) is 29.5 Å². The molecule has 1 atom stereocenters. The van der Waals surface area contributed by atoms with Crippen LogP contribution in [0.4, 0.5) is 4.39 Å². The van der Waals surface area contributed by atoms with Crippen LogP contribution >= 0.6 is 15.9 Å². The standard InChI is InChI=1S/C11H15BrFNO2/c1-7(14-9(5-15)6-16)10-3-2-8(13)4-11(10)12/h2-4,7,9,14-16H,5-6H2,1H3. The lowest BCUT2D eigenvalue weighted by Crippen LogP contribution is -2.37. The first-order valence-electron chi connectivity index (χ1n) is 5.01. The molecule has 1 aromatic rings. The van der Waals surface area contributed by atoms with Crippen molar-refractivity contribution in [2.24, 2.45) is 0 Å². The van der Waals surface area contributed by atoms with Crippen molar-refractivity contribution in [3.05, 3.63) is 34.1 Å². The van der Waals surface area contributed by atoms with E-state index in [2.05, 4.69) is 21.2 Å². The van der Waals surface area contributed by atoms with Gasteiger partial charge in [-0.1, -0.05) is 22.0 Å². The van der Waals surface area contributed by atoms with Crippen LogP contribution in [0.3, 0.4) is 0 Å². The molecule has 0 bridgehead atoms. The minimum atomic E-state index is -0.369. The number of halogens is 2. The SMILES string of the molecule is CC(NC(CO)CO)c1ccc(F)cc1Br. The molecule has 5 heteroatoms. The Morgan fingerprint density at radius 3 is 2.50 bits per heavy atom. The summed E-state index contributed by atoms with van der Waals surface area (Å²) >= 11 is 3.28. The normalized spacial score (nSPS) is 13.1. The third-order valence-corrected chi connectivity index (χ3v) is 3.04. The Labute approximate surface area is 102 Å². The zero-order valence-electron chi connectivity index (χ0n) is 8.95. The second-order valence-corrected chi connectivity index (χ2v) is 4.47. The molecule has 0 amide bonds. The summed E-state index contributed by atoms with van der Waals surface area (Å²) in [6.07, 6.45) is 0. The van der Waals surface area contributed by atoms with Crippen LogP contribution < -0.4 is 5.32 Å². The highest BCUT2D eigenvalue weighted by Crippen LogP contribution is 2.24. The number of benzene rings is 1. The van der Waals surface area contributed by atoms with E-state index in [1.54, 1.807) is 6.07 Å². The quantitative estimate of drug-likeness (QED) is 0.772. The predicted molar refractivity (Wildman–Crippen MR) is 63.6 cm³/mol. The van der Waals surface area contributed by atoms with E-state index in [4.69, 9.17) is 10.2 Å². The van der Waals surface area contributed by atoms with Crippen LogP contribution in [0.25, 0.3) is 0 Å².